The summed E-state index contributed by atoms with van der Waals surface area (Å²) in [5.74, 6) is 0.362. The Balaban J connectivity index is 1.76. The van der Waals surface area contributed by atoms with Gasteiger partial charge in [0.05, 0.1) is 19.0 Å². The van der Waals surface area contributed by atoms with Crippen LogP contribution in [0.3, 0.4) is 0 Å². The van der Waals surface area contributed by atoms with E-state index < -0.39 is 0 Å². The van der Waals surface area contributed by atoms with E-state index in [-0.39, 0.29) is 6.10 Å². The van der Waals surface area contributed by atoms with Gasteiger partial charge >= 0.3 is 0 Å². The second kappa shape index (κ2) is 4.94. The molecular formula is C11H13BrO3. The molecule has 0 aromatic carbocycles. The summed E-state index contributed by atoms with van der Waals surface area (Å²) in [6.07, 6.45) is 4.96. The van der Waals surface area contributed by atoms with Crippen molar-refractivity contribution in [2.75, 3.05) is 0 Å². The van der Waals surface area contributed by atoms with E-state index in [9.17, 15) is 4.79 Å². The molecule has 1 fully saturated rings. The lowest BCUT2D eigenvalue weighted by Crippen LogP contribution is -2.21. The van der Waals surface area contributed by atoms with Crippen LogP contribution in [0.15, 0.2) is 21.4 Å². The third-order valence-corrected chi connectivity index (χ3v) is 3.01. The predicted octanol–water partition coefficient (Wildman–Crippen LogP) is 3.07. The number of carbonyl (C=O) groups excluding carboxylic acids is 1. The van der Waals surface area contributed by atoms with Gasteiger partial charge in [0.15, 0.2) is 4.67 Å². The summed E-state index contributed by atoms with van der Waals surface area (Å²) < 4.78 is 11.5. The minimum absolute atomic E-state index is 0.233. The summed E-state index contributed by atoms with van der Waals surface area (Å²) in [6.45, 7) is 0.563. The molecule has 0 aliphatic heterocycles. The van der Waals surface area contributed by atoms with Crippen molar-refractivity contribution < 1.29 is 13.9 Å². The summed E-state index contributed by atoms with van der Waals surface area (Å²) in [7, 11) is 0. The Kier molecular flexibility index (Phi) is 3.59. The third-order valence-electron chi connectivity index (χ3n) is 2.60. The number of carbonyl (C=O) groups is 1. The molecule has 0 unspecified atom stereocenters. The molecule has 0 atom stereocenters. The largest absolute Gasteiger partial charge is 0.457 e. The second-order valence-electron chi connectivity index (χ2n) is 3.81. The average molecular weight is 273 g/mol. The molecule has 0 spiro atoms. The minimum Gasteiger partial charge on any atom is -0.457 e. The molecular weight excluding hydrogens is 260 g/mol. The summed E-state index contributed by atoms with van der Waals surface area (Å²) >= 11 is 3.24. The van der Waals surface area contributed by atoms with Crippen LogP contribution in [-0.2, 0) is 16.1 Å². The van der Waals surface area contributed by atoms with E-state index >= 15 is 0 Å². The first kappa shape index (κ1) is 10.9. The Hall–Kier alpha value is -0.610. The smallest absolute Gasteiger partial charge is 0.169 e. The van der Waals surface area contributed by atoms with Crippen LogP contribution in [0, 0.1) is 0 Å². The molecule has 4 heteroatoms. The number of hydrogen-bond donors (Lipinski definition) is 0. The molecule has 1 aromatic heterocycles. The van der Waals surface area contributed by atoms with E-state index in [1.807, 2.05) is 6.07 Å². The fourth-order valence-corrected chi connectivity index (χ4v) is 2.10. The Morgan fingerprint density at radius 2 is 2.20 bits per heavy atom. The van der Waals surface area contributed by atoms with Gasteiger partial charge in [-0.05, 0) is 34.8 Å². The van der Waals surface area contributed by atoms with E-state index in [2.05, 4.69) is 15.9 Å². The molecule has 1 aliphatic rings. The van der Waals surface area contributed by atoms with Crippen LogP contribution in [0.25, 0.3) is 0 Å². The van der Waals surface area contributed by atoms with E-state index in [1.165, 1.54) is 0 Å². The molecule has 0 saturated heterocycles. The molecule has 1 aliphatic carbocycles. The average Bonchev–Trinajstić information content (AvgIpc) is 2.64. The number of halogens is 1. The van der Waals surface area contributed by atoms with Crippen LogP contribution in [0.4, 0.5) is 0 Å². The Morgan fingerprint density at radius 1 is 1.47 bits per heavy atom. The minimum atomic E-state index is 0.233. The maximum Gasteiger partial charge on any atom is 0.169 e. The lowest BCUT2D eigenvalue weighted by Gasteiger charge is -2.20. The standard InChI is InChI=1S/C11H13BrO3/c12-11-5-8(7-15-11)6-14-10-3-1-9(13)2-4-10/h5,7,10H,1-4,6H2. The van der Waals surface area contributed by atoms with Gasteiger partial charge in [-0.15, -0.1) is 0 Å². The SMILES string of the molecule is O=C1CCC(OCc2coc(Br)c2)CC1. The summed E-state index contributed by atoms with van der Waals surface area (Å²) in [5.41, 5.74) is 1.03. The fraction of sp³-hybridized carbons (Fsp3) is 0.545. The van der Waals surface area contributed by atoms with Crippen molar-refractivity contribution in [3.63, 3.8) is 0 Å². The van der Waals surface area contributed by atoms with Gasteiger partial charge in [-0.25, -0.2) is 0 Å². The van der Waals surface area contributed by atoms with Gasteiger partial charge < -0.3 is 9.15 Å². The van der Waals surface area contributed by atoms with Crippen LogP contribution in [0.5, 0.6) is 0 Å². The van der Waals surface area contributed by atoms with Gasteiger partial charge in [-0.2, -0.15) is 0 Å². The zero-order chi connectivity index (χ0) is 10.7. The van der Waals surface area contributed by atoms with E-state index in [4.69, 9.17) is 9.15 Å². The molecule has 0 amide bonds. The number of Topliss-reactive ketones (excluding diaryl/α,β-unsaturated/α-hetero) is 1. The molecule has 15 heavy (non-hydrogen) atoms. The molecule has 0 N–H and O–H groups in total. The topological polar surface area (TPSA) is 39.4 Å². The van der Waals surface area contributed by atoms with E-state index in [0.717, 1.165) is 23.1 Å². The number of furan rings is 1. The number of rotatable bonds is 3. The highest BCUT2D eigenvalue weighted by molar-refractivity contribution is 9.10. The highest BCUT2D eigenvalue weighted by atomic mass is 79.9. The van der Waals surface area contributed by atoms with E-state index in [0.29, 0.717) is 25.2 Å². The molecule has 1 aromatic rings. The first-order valence-electron chi connectivity index (χ1n) is 5.10. The normalized spacial score (nSPS) is 18.3. The summed E-state index contributed by atoms with van der Waals surface area (Å²) in [6, 6.07) is 1.90. The molecule has 1 heterocycles. The fourth-order valence-electron chi connectivity index (χ4n) is 1.72. The Bertz CT molecular complexity index is 335. The van der Waals surface area contributed by atoms with Gasteiger partial charge in [0, 0.05) is 18.4 Å². The van der Waals surface area contributed by atoms with Crippen LogP contribution in [0.2, 0.25) is 0 Å². The van der Waals surface area contributed by atoms with Crippen molar-refractivity contribution in [1.82, 2.24) is 0 Å². The van der Waals surface area contributed by atoms with Crippen molar-refractivity contribution in [2.24, 2.45) is 0 Å². The van der Waals surface area contributed by atoms with Gasteiger partial charge in [0.2, 0.25) is 0 Å². The highest BCUT2D eigenvalue weighted by Gasteiger charge is 2.19. The van der Waals surface area contributed by atoms with Crippen molar-refractivity contribution in [3.8, 4) is 0 Å². The van der Waals surface area contributed by atoms with Crippen LogP contribution >= 0.6 is 15.9 Å². The summed E-state index contributed by atoms with van der Waals surface area (Å²) in [4.78, 5) is 11.0. The number of ketones is 1. The van der Waals surface area contributed by atoms with Crippen molar-refractivity contribution in [2.45, 2.75) is 38.4 Å². The first-order valence-corrected chi connectivity index (χ1v) is 5.89. The Labute approximate surface area is 96.9 Å². The molecule has 0 radical (unpaired) electrons. The molecule has 0 bridgehead atoms. The van der Waals surface area contributed by atoms with Crippen molar-refractivity contribution in [3.05, 3.63) is 22.6 Å². The Morgan fingerprint density at radius 3 is 2.80 bits per heavy atom. The lowest BCUT2D eigenvalue weighted by atomic mass is 9.96. The molecule has 82 valence electrons. The van der Waals surface area contributed by atoms with E-state index in [1.54, 1.807) is 6.26 Å². The predicted molar refractivity (Wildman–Crippen MR) is 58.5 cm³/mol. The summed E-state index contributed by atoms with van der Waals surface area (Å²) in [5, 5.41) is 0. The molecule has 2 rings (SSSR count). The lowest BCUT2D eigenvalue weighted by molar-refractivity contribution is -0.123. The van der Waals surface area contributed by atoms with Crippen LogP contribution < -0.4 is 0 Å². The zero-order valence-corrected chi connectivity index (χ0v) is 9.96. The van der Waals surface area contributed by atoms with Crippen LogP contribution in [-0.4, -0.2) is 11.9 Å². The second-order valence-corrected chi connectivity index (χ2v) is 4.59. The highest BCUT2D eigenvalue weighted by Crippen LogP contribution is 2.20. The first-order chi connectivity index (χ1) is 7.24. The quantitative estimate of drug-likeness (QED) is 0.849. The van der Waals surface area contributed by atoms with Crippen molar-refractivity contribution in [1.29, 1.82) is 0 Å². The van der Waals surface area contributed by atoms with Crippen LogP contribution in [0.1, 0.15) is 31.2 Å². The third kappa shape index (κ3) is 3.18. The number of ether oxygens (including phenoxy) is 1. The molecule has 1 saturated carbocycles. The van der Waals surface area contributed by atoms with Gasteiger partial charge in [0.1, 0.15) is 5.78 Å². The van der Waals surface area contributed by atoms with Gasteiger partial charge in [-0.1, -0.05) is 0 Å². The maximum absolute atomic E-state index is 11.0. The van der Waals surface area contributed by atoms with Crippen molar-refractivity contribution >= 4 is 21.7 Å². The zero-order valence-electron chi connectivity index (χ0n) is 8.37. The monoisotopic (exact) mass is 272 g/mol. The van der Waals surface area contributed by atoms with Gasteiger partial charge in [0.25, 0.3) is 0 Å². The maximum atomic E-state index is 11.0. The van der Waals surface area contributed by atoms with Gasteiger partial charge in [-0.3, -0.25) is 4.79 Å². The number of hydrogen-bond acceptors (Lipinski definition) is 3. The molecule has 3 nitrogen and oxygen atoms in total.